The average Bonchev–Trinajstić information content (AvgIpc) is 3.03. The lowest BCUT2D eigenvalue weighted by Gasteiger charge is -2.25. The highest BCUT2D eigenvalue weighted by Gasteiger charge is 2.30. The molecule has 1 N–H and O–H groups in total. The van der Waals surface area contributed by atoms with Gasteiger partial charge < -0.3 is 15.0 Å². The Hall–Kier alpha value is -2.32. The fraction of sp³-hybridized carbons (Fsp3) is 0.316. The Morgan fingerprint density at radius 1 is 1.26 bits per heavy atom. The molecule has 0 fully saturated rings. The van der Waals surface area contributed by atoms with Crippen molar-refractivity contribution < 1.29 is 19.1 Å². The first kappa shape index (κ1) is 19.4. The van der Waals surface area contributed by atoms with Crippen molar-refractivity contribution in [1.29, 1.82) is 0 Å². The Morgan fingerprint density at radius 3 is 2.67 bits per heavy atom. The molecule has 0 atom stereocenters. The van der Waals surface area contributed by atoms with E-state index in [-0.39, 0.29) is 11.8 Å². The van der Waals surface area contributed by atoms with Crippen molar-refractivity contribution in [2.45, 2.75) is 24.8 Å². The molecule has 0 unspecified atom stereocenters. The molecule has 0 radical (unpaired) electrons. The molecule has 2 amide bonds. The molecule has 6 nitrogen and oxygen atoms in total. The maximum Gasteiger partial charge on any atom is 0.341 e. The summed E-state index contributed by atoms with van der Waals surface area (Å²) in [4.78, 5) is 40.4. The van der Waals surface area contributed by atoms with Gasteiger partial charge in [-0.2, -0.15) is 0 Å². The molecule has 0 bridgehead atoms. The van der Waals surface area contributed by atoms with Crippen LogP contribution in [0.2, 0.25) is 0 Å². The quantitative estimate of drug-likeness (QED) is 0.624. The van der Waals surface area contributed by atoms with Gasteiger partial charge >= 0.3 is 5.97 Å². The van der Waals surface area contributed by atoms with Gasteiger partial charge in [0.05, 0.1) is 24.8 Å². The van der Waals surface area contributed by atoms with Crippen LogP contribution in [-0.4, -0.2) is 42.6 Å². The van der Waals surface area contributed by atoms with E-state index in [0.717, 1.165) is 15.3 Å². The number of carbonyl (C=O) groups is 3. The van der Waals surface area contributed by atoms with Gasteiger partial charge in [-0.3, -0.25) is 9.59 Å². The normalized spacial score (nSPS) is 13.1. The molecule has 0 spiro atoms. The van der Waals surface area contributed by atoms with Crippen molar-refractivity contribution in [3.8, 4) is 0 Å². The molecule has 2 aromatic rings. The van der Waals surface area contributed by atoms with Crippen molar-refractivity contribution in [2.24, 2.45) is 0 Å². The van der Waals surface area contributed by atoms with Crippen molar-refractivity contribution >= 4 is 45.9 Å². The Morgan fingerprint density at radius 2 is 2.00 bits per heavy atom. The van der Waals surface area contributed by atoms with Crippen molar-refractivity contribution in [3.63, 3.8) is 0 Å². The minimum Gasteiger partial charge on any atom is -0.465 e. The number of hydrogen-bond acceptors (Lipinski definition) is 6. The zero-order valence-electron chi connectivity index (χ0n) is 15.3. The van der Waals surface area contributed by atoms with Crippen LogP contribution in [0.1, 0.15) is 38.1 Å². The summed E-state index contributed by atoms with van der Waals surface area (Å²) < 4.78 is 4.94. The van der Waals surface area contributed by atoms with Crippen molar-refractivity contribution in [1.82, 2.24) is 4.90 Å². The van der Waals surface area contributed by atoms with Crippen molar-refractivity contribution in [2.75, 3.05) is 25.2 Å². The molecule has 3 rings (SSSR count). The van der Waals surface area contributed by atoms with Gasteiger partial charge in [-0.05, 0) is 30.4 Å². The fourth-order valence-corrected chi connectivity index (χ4v) is 4.92. The second kappa shape index (κ2) is 8.14. The molecule has 2 heterocycles. The highest BCUT2D eigenvalue weighted by molar-refractivity contribution is 7.98. The van der Waals surface area contributed by atoms with Crippen LogP contribution in [0.3, 0.4) is 0 Å². The molecule has 1 aromatic carbocycles. The monoisotopic (exact) mass is 404 g/mol. The van der Waals surface area contributed by atoms with E-state index in [9.17, 15) is 14.4 Å². The zero-order chi connectivity index (χ0) is 19.6. The zero-order valence-corrected chi connectivity index (χ0v) is 17.0. The van der Waals surface area contributed by atoms with Gasteiger partial charge in [0, 0.05) is 23.2 Å². The lowest BCUT2D eigenvalue weighted by atomic mass is 10.0. The topological polar surface area (TPSA) is 75.7 Å². The molecule has 1 aliphatic rings. The lowest BCUT2D eigenvalue weighted by molar-refractivity contribution is -0.129. The lowest BCUT2D eigenvalue weighted by Crippen LogP contribution is -2.33. The van der Waals surface area contributed by atoms with Crippen LogP contribution in [0.15, 0.2) is 29.2 Å². The summed E-state index contributed by atoms with van der Waals surface area (Å²) >= 11 is 2.82. The van der Waals surface area contributed by atoms with E-state index >= 15 is 0 Å². The number of ether oxygens (including phenoxy) is 1. The summed E-state index contributed by atoms with van der Waals surface area (Å²) in [6, 6.07) is 7.32. The number of amides is 2. The third kappa shape index (κ3) is 3.86. The fourth-order valence-electron chi connectivity index (χ4n) is 3.08. The third-order valence-electron chi connectivity index (χ3n) is 4.47. The molecule has 0 saturated heterocycles. The van der Waals surface area contributed by atoms with Crippen LogP contribution >= 0.6 is 23.1 Å². The van der Waals surface area contributed by atoms with Crippen LogP contribution < -0.4 is 5.32 Å². The minimum atomic E-state index is -0.475. The molecule has 0 saturated carbocycles. The smallest absolute Gasteiger partial charge is 0.341 e. The summed E-state index contributed by atoms with van der Waals surface area (Å²) in [5.74, 6) is -0.752. The predicted molar refractivity (Wildman–Crippen MR) is 107 cm³/mol. The molecule has 1 aliphatic heterocycles. The Bertz CT molecular complexity index is 907. The molecule has 8 heteroatoms. The van der Waals surface area contributed by atoms with Gasteiger partial charge in [0.15, 0.2) is 0 Å². The van der Waals surface area contributed by atoms with Gasteiger partial charge in [0.2, 0.25) is 5.91 Å². The second-order valence-corrected chi connectivity index (χ2v) is 8.00. The van der Waals surface area contributed by atoms with E-state index in [4.69, 9.17) is 4.74 Å². The van der Waals surface area contributed by atoms with E-state index in [0.29, 0.717) is 35.6 Å². The number of hydrogen-bond donors (Lipinski definition) is 1. The molecule has 27 heavy (non-hydrogen) atoms. The standard InChI is InChI=1S/C19H20N2O4S2/c1-11(22)21-9-8-12-15(10-21)27-18(16(12)19(24)25-2)20-17(23)13-6-4-5-7-14(13)26-3/h4-7H,8-10H2,1-3H3,(H,20,23). The average molecular weight is 405 g/mol. The molecule has 0 aliphatic carbocycles. The van der Waals surface area contributed by atoms with E-state index < -0.39 is 5.97 Å². The first-order valence-electron chi connectivity index (χ1n) is 8.39. The number of esters is 1. The maximum atomic E-state index is 12.8. The van der Waals surface area contributed by atoms with Crippen LogP contribution in [0.5, 0.6) is 0 Å². The molecule has 142 valence electrons. The predicted octanol–water partition coefficient (Wildman–Crippen LogP) is 3.41. The van der Waals surface area contributed by atoms with Gasteiger partial charge in [-0.15, -0.1) is 23.1 Å². The Kier molecular flexibility index (Phi) is 5.86. The van der Waals surface area contributed by atoms with Gasteiger partial charge in [0.25, 0.3) is 5.91 Å². The van der Waals surface area contributed by atoms with E-state index in [1.807, 2.05) is 18.4 Å². The number of carbonyl (C=O) groups excluding carboxylic acids is 3. The number of methoxy groups -OCH3 is 1. The molecule has 1 aromatic heterocycles. The number of nitrogens with zero attached hydrogens (tertiary/aromatic N) is 1. The number of thiophene rings is 1. The number of benzene rings is 1. The van der Waals surface area contributed by atoms with Crippen LogP contribution in [0.25, 0.3) is 0 Å². The Labute approximate surface area is 165 Å². The van der Waals surface area contributed by atoms with Crippen LogP contribution in [-0.2, 0) is 22.5 Å². The van der Waals surface area contributed by atoms with Crippen LogP contribution in [0, 0.1) is 0 Å². The molecular weight excluding hydrogens is 384 g/mol. The maximum absolute atomic E-state index is 12.8. The first-order chi connectivity index (χ1) is 13.0. The molecular formula is C19H20N2O4S2. The third-order valence-corrected chi connectivity index (χ3v) is 6.40. The summed E-state index contributed by atoms with van der Waals surface area (Å²) in [5, 5.41) is 3.35. The number of anilines is 1. The van der Waals surface area contributed by atoms with E-state index in [1.54, 1.807) is 17.0 Å². The second-order valence-electron chi connectivity index (χ2n) is 6.04. The van der Waals surface area contributed by atoms with Gasteiger partial charge in [0.1, 0.15) is 5.00 Å². The van der Waals surface area contributed by atoms with E-state index in [1.165, 1.54) is 37.1 Å². The summed E-state index contributed by atoms with van der Waals surface area (Å²) in [6.45, 7) is 2.52. The highest BCUT2D eigenvalue weighted by Crippen LogP contribution is 2.38. The number of thioether (sulfide) groups is 1. The number of rotatable bonds is 4. The van der Waals surface area contributed by atoms with Gasteiger partial charge in [-0.25, -0.2) is 4.79 Å². The minimum absolute atomic E-state index is 0.00634. The summed E-state index contributed by atoms with van der Waals surface area (Å²) in [6.07, 6.45) is 2.47. The number of nitrogens with one attached hydrogen (secondary N) is 1. The van der Waals surface area contributed by atoms with Crippen molar-refractivity contribution in [3.05, 3.63) is 45.8 Å². The number of fused-ring (bicyclic) bond motifs is 1. The summed E-state index contributed by atoms with van der Waals surface area (Å²) in [7, 11) is 1.33. The highest BCUT2D eigenvalue weighted by atomic mass is 32.2. The first-order valence-corrected chi connectivity index (χ1v) is 10.4. The van der Waals surface area contributed by atoms with Gasteiger partial charge in [-0.1, -0.05) is 12.1 Å². The van der Waals surface area contributed by atoms with Crippen LogP contribution in [0.4, 0.5) is 5.00 Å². The Balaban J connectivity index is 1.96. The summed E-state index contributed by atoms with van der Waals surface area (Å²) in [5.41, 5.74) is 1.81. The largest absolute Gasteiger partial charge is 0.465 e. The van der Waals surface area contributed by atoms with E-state index in [2.05, 4.69) is 5.32 Å². The SMILES string of the molecule is COC(=O)c1c(NC(=O)c2ccccc2SC)sc2c1CCN(C(C)=O)C2.